The molecule has 104 valence electrons. The molecule has 0 aromatic rings. The molecule has 0 bridgehead atoms. The van der Waals surface area contributed by atoms with Gasteiger partial charge in [0.1, 0.15) is 0 Å². The Hall–Kier alpha value is -1.32. The van der Waals surface area contributed by atoms with Gasteiger partial charge in [-0.15, -0.1) is 0 Å². The van der Waals surface area contributed by atoms with E-state index in [4.69, 9.17) is 0 Å². The van der Waals surface area contributed by atoms with Gasteiger partial charge >= 0.3 is 11.9 Å². The van der Waals surface area contributed by atoms with Gasteiger partial charge in [0.15, 0.2) is 0 Å². The van der Waals surface area contributed by atoms with Gasteiger partial charge in [-0.25, -0.2) is 9.59 Å². The fourth-order valence-corrected chi connectivity index (χ4v) is 1.68. The van der Waals surface area contributed by atoms with Crippen LogP contribution in [0.25, 0.3) is 0 Å². The van der Waals surface area contributed by atoms with Crippen molar-refractivity contribution in [2.24, 2.45) is 10.8 Å². The molecule has 0 amide bonds. The molecule has 0 aliphatic carbocycles. The normalized spacial score (nSPS) is 14.1. The molecular formula is C14H24O4. The molecule has 0 radical (unpaired) electrons. The Kier molecular flexibility index (Phi) is 5.14. The number of aliphatic carboxylic acids is 2. The van der Waals surface area contributed by atoms with Crippen LogP contribution in [-0.4, -0.2) is 22.2 Å². The number of carboxylic acids is 2. The van der Waals surface area contributed by atoms with E-state index < -0.39 is 11.9 Å². The molecule has 0 aromatic heterocycles. The van der Waals surface area contributed by atoms with Crippen LogP contribution >= 0.6 is 0 Å². The van der Waals surface area contributed by atoms with Crippen molar-refractivity contribution < 1.29 is 19.8 Å². The van der Waals surface area contributed by atoms with Crippen LogP contribution in [0.5, 0.6) is 0 Å². The van der Waals surface area contributed by atoms with Gasteiger partial charge in [0, 0.05) is 11.1 Å². The molecule has 0 saturated carbocycles. The number of rotatable bonds is 4. The summed E-state index contributed by atoms with van der Waals surface area (Å²) in [6.45, 7) is 11.4. The first-order valence-corrected chi connectivity index (χ1v) is 6.02. The van der Waals surface area contributed by atoms with Crippen molar-refractivity contribution in [1.82, 2.24) is 0 Å². The molecule has 0 heterocycles. The minimum Gasteiger partial charge on any atom is -0.478 e. The smallest absolute Gasteiger partial charge is 0.332 e. The van der Waals surface area contributed by atoms with Crippen molar-refractivity contribution in [1.29, 1.82) is 0 Å². The summed E-state index contributed by atoms with van der Waals surface area (Å²) >= 11 is 0. The predicted octanol–water partition coefficient (Wildman–Crippen LogP) is 3.32. The molecule has 18 heavy (non-hydrogen) atoms. The van der Waals surface area contributed by atoms with Crippen molar-refractivity contribution >= 4 is 11.9 Å². The Morgan fingerprint density at radius 2 is 0.944 bits per heavy atom. The number of hydrogen-bond acceptors (Lipinski definition) is 2. The Balaban J connectivity index is 5.60. The summed E-state index contributed by atoms with van der Waals surface area (Å²) in [5.41, 5.74) is -0.478. The van der Waals surface area contributed by atoms with E-state index in [1.807, 2.05) is 41.5 Å². The van der Waals surface area contributed by atoms with Crippen LogP contribution in [0.3, 0.4) is 0 Å². The monoisotopic (exact) mass is 256 g/mol. The largest absolute Gasteiger partial charge is 0.478 e. The summed E-state index contributed by atoms with van der Waals surface area (Å²) in [5.74, 6) is -2.27. The summed E-state index contributed by atoms with van der Waals surface area (Å²) in [6, 6.07) is 0. The third-order valence-electron chi connectivity index (χ3n) is 2.29. The summed E-state index contributed by atoms with van der Waals surface area (Å²) in [5, 5.41) is 18.5. The number of carbonyl (C=O) groups is 2. The summed E-state index contributed by atoms with van der Waals surface area (Å²) < 4.78 is 0. The molecule has 0 atom stereocenters. The lowest BCUT2D eigenvalue weighted by molar-refractivity contribution is -0.136. The third-order valence-corrected chi connectivity index (χ3v) is 2.29. The zero-order valence-corrected chi connectivity index (χ0v) is 12.1. The topological polar surface area (TPSA) is 74.6 Å². The van der Waals surface area contributed by atoms with Gasteiger partial charge < -0.3 is 10.2 Å². The summed E-state index contributed by atoms with van der Waals surface area (Å²) in [7, 11) is 0. The van der Waals surface area contributed by atoms with E-state index in [0.29, 0.717) is 0 Å². The second-order valence-corrected chi connectivity index (χ2v) is 7.04. The van der Waals surface area contributed by atoms with Gasteiger partial charge in [-0.05, 0) is 23.7 Å². The highest BCUT2D eigenvalue weighted by molar-refractivity contribution is 5.98. The Labute approximate surface area is 109 Å². The van der Waals surface area contributed by atoms with Crippen molar-refractivity contribution in [2.75, 3.05) is 0 Å². The molecule has 4 nitrogen and oxygen atoms in total. The van der Waals surface area contributed by atoms with Crippen molar-refractivity contribution in [3.05, 3.63) is 11.1 Å². The molecule has 0 aromatic carbocycles. The van der Waals surface area contributed by atoms with E-state index in [1.54, 1.807) is 0 Å². The lowest BCUT2D eigenvalue weighted by Crippen LogP contribution is -2.20. The highest BCUT2D eigenvalue weighted by Gasteiger charge is 2.27. The maximum Gasteiger partial charge on any atom is 0.332 e. The van der Waals surface area contributed by atoms with Crippen LogP contribution in [0.2, 0.25) is 0 Å². The highest BCUT2D eigenvalue weighted by atomic mass is 16.4. The summed E-state index contributed by atoms with van der Waals surface area (Å²) in [6.07, 6.45) is 0.500. The standard InChI is InChI=1S/C14H24O4/c1-13(2,3)7-9(11(15)16)10(12(17)18)8-14(4,5)6/h7-8H2,1-6H3,(H,15,16)(H,17,18)/b10-9-. The average Bonchev–Trinajstić information content (AvgIpc) is 2.06. The second-order valence-electron chi connectivity index (χ2n) is 7.04. The molecule has 0 aliphatic heterocycles. The van der Waals surface area contributed by atoms with Crippen molar-refractivity contribution in [2.45, 2.75) is 54.4 Å². The average molecular weight is 256 g/mol. The quantitative estimate of drug-likeness (QED) is 0.756. The molecule has 0 aliphatic rings. The van der Waals surface area contributed by atoms with Gasteiger partial charge in [-0.3, -0.25) is 0 Å². The van der Waals surface area contributed by atoms with Crippen LogP contribution in [-0.2, 0) is 9.59 Å². The molecular weight excluding hydrogens is 232 g/mol. The van der Waals surface area contributed by atoms with E-state index in [1.165, 1.54) is 0 Å². The SMILES string of the molecule is CC(C)(C)C/C(C(=O)O)=C(\CC(C)(C)C)C(=O)O. The maximum absolute atomic E-state index is 11.3. The van der Waals surface area contributed by atoms with Crippen LogP contribution in [0.15, 0.2) is 11.1 Å². The van der Waals surface area contributed by atoms with Crippen molar-refractivity contribution in [3.8, 4) is 0 Å². The fraction of sp³-hybridized carbons (Fsp3) is 0.714. The predicted molar refractivity (Wildman–Crippen MR) is 70.4 cm³/mol. The highest BCUT2D eigenvalue weighted by Crippen LogP contribution is 2.31. The minimum atomic E-state index is -1.13. The van der Waals surface area contributed by atoms with E-state index in [9.17, 15) is 19.8 Å². The lowest BCUT2D eigenvalue weighted by atomic mass is 9.81. The van der Waals surface area contributed by atoms with E-state index in [2.05, 4.69) is 0 Å². The van der Waals surface area contributed by atoms with Gasteiger partial charge in [0.05, 0.1) is 0 Å². The Bertz CT molecular complexity index is 328. The number of carboxylic acid groups (broad SMARTS) is 2. The zero-order valence-electron chi connectivity index (χ0n) is 12.1. The second kappa shape index (κ2) is 5.55. The Morgan fingerprint density at radius 1 is 0.722 bits per heavy atom. The maximum atomic E-state index is 11.3. The van der Waals surface area contributed by atoms with Gasteiger partial charge in [0.2, 0.25) is 0 Å². The molecule has 0 saturated heterocycles. The van der Waals surface area contributed by atoms with Crippen molar-refractivity contribution in [3.63, 3.8) is 0 Å². The molecule has 0 fully saturated rings. The molecule has 2 N–H and O–H groups in total. The minimum absolute atomic E-state index is 0.0184. The van der Waals surface area contributed by atoms with E-state index in [0.717, 1.165) is 0 Å². The van der Waals surface area contributed by atoms with Crippen LogP contribution in [0.1, 0.15) is 54.4 Å². The zero-order chi connectivity index (χ0) is 14.7. The van der Waals surface area contributed by atoms with Crippen LogP contribution < -0.4 is 0 Å². The molecule has 0 spiro atoms. The first-order valence-electron chi connectivity index (χ1n) is 6.02. The van der Waals surface area contributed by atoms with E-state index >= 15 is 0 Å². The molecule has 4 heteroatoms. The number of hydrogen-bond donors (Lipinski definition) is 2. The first kappa shape index (κ1) is 16.7. The van der Waals surface area contributed by atoms with E-state index in [-0.39, 0.29) is 34.8 Å². The lowest BCUT2D eigenvalue weighted by Gasteiger charge is -2.23. The van der Waals surface area contributed by atoms with Crippen LogP contribution in [0, 0.1) is 10.8 Å². The molecule has 0 rings (SSSR count). The van der Waals surface area contributed by atoms with Gasteiger partial charge in [0.25, 0.3) is 0 Å². The summed E-state index contributed by atoms with van der Waals surface area (Å²) in [4.78, 5) is 22.6. The molecule has 0 unspecified atom stereocenters. The fourth-order valence-electron chi connectivity index (χ4n) is 1.68. The third kappa shape index (κ3) is 6.42. The van der Waals surface area contributed by atoms with Gasteiger partial charge in [-0.1, -0.05) is 41.5 Å². The Morgan fingerprint density at radius 3 is 1.06 bits per heavy atom. The van der Waals surface area contributed by atoms with Crippen LogP contribution in [0.4, 0.5) is 0 Å². The first-order chi connectivity index (χ1) is 7.83. The van der Waals surface area contributed by atoms with Gasteiger partial charge in [-0.2, -0.15) is 0 Å².